The van der Waals surface area contributed by atoms with Crippen LogP contribution in [-0.4, -0.2) is 98.0 Å². The summed E-state index contributed by atoms with van der Waals surface area (Å²) in [6.45, 7) is 11.5. The maximum atomic E-state index is 13.1. The second-order valence-electron chi connectivity index (χ2n) is 17.2. The van der Waals surface area contributed by atoms with Crippen LogP contribution < -0.4 is 25.6 Å². The van der Waals surface area contributed by atoms with E-state index in [0.717, 1.165) is 85.2 Å². The Kier molecular flexibility index (Phi) is 14.1. The van der Waals surface area contributed by atoms with Crippen molar-refractivity contribution in [1.82, 2.24) is 45.6 Å². The van der Waals surface area contributed by atoms with E-state index in [1.54, 1.807) is 30.6 Å². The minimum atomic E-state index is -0.719. The first-order chi connectivity index (χ1) is 30.3. The number of carbonyl (C=O) groups excluding carboxylic acids is 5. The Morgan fingerprint density at radius 1 is 0.905 bits per heavy atom. The molecule has 0 radical (unpaired) electrons. The number of ether oxygens (including phenoxy) is 1. The number of aryl methyl sites for hydroxylation is 1. The fraction of sp³-hybridized carbons (Fsp3) is 0.457. The van der Waals surface area contributed by atoms with Crippen LogP contribution in [0.1, 0.15) is 117 Å². The van der Waals surface area contributed by atoms with Crippen LogP contribution >= 0.6 is 0 Å². The molecule has 0 aliphatic carbocycles. The maximum Gasteiger partial charge on any atom is 0.292 e. The molecule has 332 valence electrons. The lowest BCUT2D eigenvalue weighted by Crippen LogP contribution is -2.48. The Bertz CT molecular complexity index is 2430. The molecule has 17 heteroatoms. The number of fused-ring (bicyclic) bond motifs is 1. The lowest BCUT2D eigenvalue weighted by molar-refractivity contribution is -0.139. The van der Waals surface area contributed by atoms with Gasteiger partial charge in [-0.15, -0.1) is 0 Å². The largest absolute Gasteiger partial charge is 0.481 e. The van der Waals surface area contributed by atoms with Crippen molar-refractivity contribution in [2.75, 3.05) is 37.6 Å². The number of hydrogen-bond donors (Lipinski definition) is 3. The SMILES string of the molecule is Cc1cc(-c2ncnn3cc(N4CCN(C(=O)CCCCCCCCNC(=O)c5ccc(OC6CCC(=O)NC6=O)cc5)CC4)cc23)ccc1CNC(=O)c1noc(C(C)(C)C)n1. The van der Waals surface area contributed by atoms with E-state index in [1.165, 1.54) is 0 Å². The maximum absolute atomic E-state index is 13.1. The fourth-order valence-electron chi connectivity index (χ4n) is 7.65. The van der Waals surface area contributed by atoms with Gasteiger partial charge in [0.15, 0.2) is 6.10 Å². The number of aromatic nitrogens is 5. The number of carbonyl (C=O) groups is 5. The highest BCUT2D eigenvalue weighted by molar-refractivity contribution is 6.00. The molecule has 5 heterocycles. The van der Waals surface area contributed by atoms with Crippen LogP contribution in [-0.2, 0) is 26.3 Å². The zero-order chi connectivity index (χ0) is 44.5. The molecule has 7 rings (SSSR count). The molecule has 0 spiro atoms. The van der Waals surface area contributed by atoms with E-state index < -0.39 is 17.9 Å². The summed E-state index contributed by atoms with van der Waals surface area (Å²) >= 11 is 0. The third-order valence-corrected chi connectivity index (χ3v) is 11.4. The molecular formula is C46H56N10O7. The summed E-state index contributed by atoms with van der Waals surface area (Å²) in [5, 5.41) is 16.4. The molecule has 0 bridgehead atoms. The summed E-state index contributed by atoms with van der Waals surface area (Å²) in [5.74, 6) is -0.216. The van der Waals surface area contributed by atoms with Gasteiger partial charge in [-0.05, 0) is 67.3 Å². The molecule has 2 saturated heterocycles. The summed E-state index contributed by atoms with van der Waals surface area (Å²) in [6, 6.07) is 14.8. The van der Waals surface area contributed by atoms with Crippen molar-refractivity contribution in [3.05, 3.63) is 89.5 Å². The molecule has 17 nitrogen and oxygen atoms in total. The number of nitrogens with zero attached hydrogens (tertiary/aromatic N) is 7. The van der Waals surface area contributed by atoms with Crippen molar-refractivity contribution in [3.63, 3.8) is 0 Å². The summed E-state index contributed by atoms with van der Waals surface area (Å²) in [7, 11) is 0. The molecule has 5 aromatic rings. The van der Waals surface area contributed by atoms with Gasteiger partial charge in [0.05, 0.1) is 23.1 Å². The van der Waals surface area contributed by atoms with Gasteiger partial charge in [-0.2, -0.15) is 10.1 Å². The number of rotatable bonds is 17. The van der Waals surface area contributed by atoms with E-state index in [9.17, 15) is 24.0 Å². The van der Waals surface area contributed by atoms with E-state index in [-0.39, 0.29) is 35.4 Å². The summed E-state index contributed by atoms with van der Waals surface area (Å²) in [4.78, 5) is 74.8. The molecule has 63 heavy (non-hydrogen) atoms. The Labute approximate surface area is 366 Å². The van der Waals surface area contributed by atoms with Gasteiger partial charge in [0, 0.05) is 75.1 Å². The van der Waals surface area contributed by atoms with Gasteiger partial charge < -0.3 is 29.7 Å². The first-order valence-electron chi connectivity index (χ1n) is 21.8. The number of benzene rings is 2. The van der Waals surface area contributed by atoms with Crippen molar-refractivity contribution in [2.45, 2.75) is 104 Å². The van der Waals surface area contributed by atoms with Crippen LogP contribution in [0.2, 0.25) is 0 Å². The zero-order valence-electron chi connectivity index (χ0n) is 36.4. The molecule has 1 unspecified atom stereocenters. The van der Waals surface area contributed by atoms with Crippen LogP contribution in [0.3, 0.4) is 0 Å². The molecule has 2 aromatic carbocycles. The highest BCUT2D eigenvalue weighted by atomic mass is 16.5. The van der Waals surface area contributed by atoms with Gasteiger partial charge in [-0.1, -0.05) is 63.7 Å². The number of amides is 5. The first kappa shape index (κ1) is 44.4. The number of hydrogen-bond acceptors (Lipinski definition) is 12. The van der Waals surface area contributed by atoms with Crippen molar-refractivity contribution in [2.24, 2.45) is 0 Å². The average molecular weight is 861 g/mol. The van der Waals surface area contributed by atoms with Gasteiger partial charge in [-0.25, -0.2) is 9.50 Å². The number of imide groups is 1. The molecule has 5 amide bonds. The summed E-state index contributed by atoms with van der Waals surface area (Å²) < 4.78 is 12.8. The second kappa shape index (κ2) is 20.0. The van der Waals surface area contributed by atoms with Crippen LogP contribution in [0, 0.1) is 6.92 Å². The first-order valence-corrected chi connectivity index (χ1v) is 21.8. The third-order valence-electron chi connectivity index (χ3n) is 11.4. The Morgan fingerprint density at radius 3 is 2.37 bits per heavy atom. The van der Waals surface area contributed by atoms with Gasteiger partial charge in [-0.3, -0.25) is 29.3 Å². The topological polar surface area (TPSA) is 206 Å². The van der Waals surface area contributed by atoms with Gasteiger partial charge in [0.25, 0.3) is 23.5 Å². The molecule has 3 N–H and O–H groups in total. The molecule has 2 aliphatic heterocycles. The Balaban J connectivity index is 0.780. The summed E-state index contributed by atoms with van der Waals surface area (Å²) in [5.41, 5.74) is 5.77. The number of anilines is 1. The molecule has 0 saturated carbocycles. The van der Waals surface area contributed by atoms with Gasteiger partial charge in [0.2, 0.25) is 17.7 Å². The quantitative estimate of drug-likeness (QED) is 0.0804. The fourth-order valence-corrected chi connectivity index (χ4v) is 7.65. The molecular weight excluding hydrogens is 805 g/mol. The normalized spacial score (nSPS) is 15.7. The smallest absolute Gasteiger partial charge is 0.292 e. The van der Waals surface area contributed by atoms with E-state index in [2.05, 4.69) is 53.2 Å². The predicted octanol–water partition coefficient (Wildman–Crippen LogP) is 5.31. The minimum Gasteiger partial charge on any atom is -0.481 e. The predicted molar refractivity (Wildman–Crippen MR) is 234 cm³/mol. The Morgan fingerprint density at radius 2 is 1.65 bits per heavy atom. The van der Waals surface area contributed by atoms with Crippen molar-refractivity contribution >= 4 is 40.7 Å². The van der Waals surface area contributed by atoms with E-state index >= 15 is 0 Å². The average Bonchev–Trinajstić information content (AvgIpc) is 3.96. The van der Waals surface area contributed by atoms with Crippen LogP contribution in [0.15, 0.2) is 65.6 Å². The van der Waals surface area contributed by atoms with Crippen LogP contribution in [0.25, 0.3) is 16.8 Å². The Hall–Kier alpha value is -6.65. The number of piperazine rings is 1. The molecule has 2 fully saturated rings. The van der Waals surface area contributed by atoms with Crippen LogP contribution in [0.5, 0.6) is 5.75 Å². The monoisotopic (exact) mass is 860 g/mol. The van der Waals surface area contributed by atoms with E-state index in [4.69, 9.17) is 9.26 Å². The van der Waals surface area contributed by atoms with Crippen LogP contribution in [0.4, 0.5) is 5.69 Å². The van der Waals surface area contributed by atoms with Gasteiger partial charge in [0.1, 0.15) is 12.1 Å². The lowest BCUT2D eigenvalue weighted by Gasteiger charge is -2.35. The molecule has 1 atom stereocenters. The van der Waals surface area contributed by atoms with Crippen molar-refractivity contribution < 1.29 is 33.2 Å². The molecule has 3 aromatic heterocycles. The number of unbranched alkanes of at least 4 members (excludes halogenated alkanes) is 5. The van der Waals surface area contributed by atoms with E-state index in [0.29, 0.717) is 56.2 Å². The number of nitrogens with one attached hydrogen (secondary N) is 3. The zero-order valence-corrected chi connectivity index (χ0v) is 36.4. The standard InChI is InChI=1S/C46H56N10O7/c1-30-25-32(12-13-33(30)27-48-44(61)41-52-45(63-53-41)46(2,3)4)40-36-26-34(28-56(36)50-29-49-40)54-21-23-55(24-22-54)39(58)11-9-7-5-6-8-10-20-47-42(59)31-14-16-35(17-15-31)62-37-18-19-38(57)51-43(37)60/h12-17,25-26,28-29,37H,5-11,18-24,27H2,1-4H3,(H,47,59)(H,48,61)(H,51,57,60). The molecule has 2 aliphatic rings. The van der Waals surface area contributed by atoms with Crippen molar-refractivity contribution in [1.29, 1.82) is 0 Å². The number of piperidine rings is 1. The highest BCUT2D eigenvalue weighted by Crippen LogP contribution is 2.29. The van der Waals surface area contributed by atoms with Crippen molar-refractivity contribution in [3.8, 4) is 17.0 Å². The van der Waals surface area contributed by atoms with E-state index in [1.807, 2.05) is 55.4 Å². The lowest BCUT2D eigenvalue weighted by atomic mass is 9.97. The minimum absolute atomic E-state index is 0.0115. The third kappa shape index (κ3) is 11.4. The highest BCUT2D eigenvalue weighted by Gasteiger charge is 2.29. The summed E-state index contributed by atoms with van der Waals surface area (Å²) in [6.07, 6.45) is 9.75. The van der Waals surface area contributed by atoms with Gasteiger partial charge >= 0.3 is 0 Å². The second-order valence-corrected chi connectivity index (χ2v) is 17.2.